The van der Waals surface area contributed by atoms with E-state index in [1.807, 2.05) is 6.20 Å². The summed E-state index contributed by atoms with van der Waals surface area (Å²) in [7, 11) is 0. The lowest BCUT2D eigenvalue weighted by Gasteiger charge is -2.31. The number of fused-ring (bicyclic) bond motifs is 2. The van der Waals surface area contributed by atoms with Crippen molar-refractivity contribution >= 4 is 0 Å². The van der Waals surface area contributed by atoms with Gasteiger partial charge in [0.15, 0.2) is 0 Å². The third kappa shape index (κ3) is 3.57. The van der Waals surface area contributed by atoms with Gasteiger partial charge in [0.05, 0.1) is 17.9 Å². The zero-order chi connectivity index (χ0) is 13.8. The lowest BCUT2D eigenvalue weighted by molar-refractivity contribution is -0.0413. The third-order valence-electron chi connectivity index (χ3n) is 4.15. The standard InChI is InChI=1S/C16H25N3O/c1-2-7-17-8-13-3-4-14(18-9-13)10-19-11-15-5-6-16(12-19)20-15/h3-4,9,15-17H,2,5-8,10-12H2,1H3. The molecule has 1 aromatic heterocycles. The number of morpholine rings is 1. The van der Waals surface area contributed by atoms with E-state index in [2.05, 4.69) is 34.3 Å². The normalized spacial score (nSPS) is 26.1. The number of aromatic nitrogens is 1. The van der Waals surface area contributed by atoms with Gasteiger partial charge in [-0.15, -0.1) is 0 Å². The van der Waals surface area contributed by atoms with E-state index in [4.69, 9.17) is 4.74 Å². The van der Waals surface area contributed by atoms with Crippen molar-refractivity contribution in [3.8, 4) is 0 Å². The number of hydrogen-bond donors (Lipinski definition) is 1. The van der Waals surface area contributed by atoms with Gasteiger partial charge in [0.25, 0.3) is 0 Å². The Morgan fingerprint density at radius 3 is 2.75 bits per heavy atom. The molecule has 0 spiro atoms. The molecule has 3 rings (SSSR count). The van der Waals surface area contributed by atoms with Crippen LogP contribution in [0.4, 0.5) is 0 Å². The van der Waals surface area contributed by atoms with Crippen LogP contribution >= 0.6 is 0 Å². The van der Waals surface area contributed by atoms with Crippen molar-refractivity contribution in [2.75, 3.05) is 19.6 Å². The molecule has 0 aromatic carbocycles. The average molecular weight is 275 g/mol. The van der Waals surface area contributed by atoms with E-state index < -0.39 is 0 Å². The van der Waals surface area contributed by atoms with Crippen LogP contribution in [-0.2, 0) is 17.8 Å². The molecule has 2 unspecified atom stereocenters. The van der Waals surface area contributed by atoms with Gasteiger partial charge in [-0.2, -0.15) is 0 Å². The van der Waals surface area contributed by atoms with Crippen molar-refractivity contribution in [2.45, 2.75) is 51.5 Å². The van der Waals surface area contributed by atoms with Crippen LogP contribution in [0.15, 0.2) is 18.3 Å². The molecule has 0 radical (unpaired) electrons. The Kier molecular flexibility index (Phi) is 4.65. The second-order valence-corrected chi connectivity index (χ2v) is 5.99. The van der Waals surface area contributed by atoms with Crippen LogP contribution < -0.4 is 5.32 Å². The molecule has 2 fully saturated rings. The maximum absolute atomic E-state index is 5.87. The van der Waals surface area contributed by atoms with Gasteiger partial charge in [-0.05, 0) is 37.4 Å². The Morgan fingerprint density at radius 1 is 1.30 bits per heavy atom. The van der Waals surface area contributed by atoms with Gasteiger partial charge in [-0.3, -0.25) is 9.88 Å². The highest BCUT2D eigenvalue weighted by atomic mass is 16.5. The van der Waals surface area contributed by atoms with Gasteiger partial charge in [0.1, 0.15) is 0 Å². The van der Waals surface area contributed by atoms with Crippen molar-refractivity contribution in [2.24, 2.45) is 0 Å². The van der Waals surface area contributed by atoms with Gasteiger partial charge in [-0.1, -0.05) is 13.0 Å². The molecular formula is C16H25N3O. The zero-order valence-corrected chi connectivity index (χ0v) is 12.3. The van der Waals surface area contributed by atoms with Crippen molar-refractivity contribution < 1.29 is 4.74 Å². The minimum absolute atomic E-state index is 0.464. The molecule has 2 aliphatic heterocycles. The van der Waals surface area contributed by atoms with Crippen molar-refractivity contribution in [3.63, 3.8) is 0 Å². The smallest absolute Gasteiger partial charge is 0.0707 e. The van der Waals surface area contributed by atoms with Crippen LogP contribution in [0.25, 0.3) is 0 Å². The molecule has 2 bridgehead atoms. The molecule has 2 aliphatic rings. The van der Waals surface area contributed by atoms with Crippen LogP contribution in [0, 0.1) is 0 Å². The van der Waals surface area contributed by atoms with E-state index in [-0.39, 0.29) is 0 Å². The Labute approximate surface area is 121 Å². The maximum atomic E-state index is 5.87. The number of rotatable bonds is 6. The molecule has 1 aromatic rings. The van der Waals surface area contributed by atoms with E-state index in [0.29, 0.717) is 12.2 Å². The van der Waals surface area contributed by atoms with Gasteiger partial charge in [-0.25, -0.2) is 0 Å². The molecule has 0 aliphatic carbocycles. The maximum Gasteiger partial charge on any atom is 0.0707 e. The highest BCUT2D eigenvalue weighted by Crippen LogP contribution is 2.26. The van der Waals surface area contributed by atoms with E-state index in [1.54, 1.807) is 0 Å². The Morgan fingerprint density at radius 2 is 2.10 bits per heavy atom. The SMILES string of the molecule is CCCNCc1ccc(CN2CC3CCC(C2)O3)nc1. The molecule has 0 saturated carbocycles. The van der Waals surface area contributed by atoms with E-state index in [1.165, 1.54) is 30.5 Å². The number of hydrogen-bond acceptors (Lipinski definition) is 4. The van der Waals surface area contributed by atoms with E-state index in [0.717, 1.165) is 32.7 Å². The summed E-state index contributed by atoms with van der Waals surface area (Å²) in [6.07, 6.45) is 6.57. The van der Waals surface area contributed by atoms with Gasteiger partial charge >= 0.3 is 0 Å². The van der Waals surface area contributed by atoms with Crippen molar-refractivity contribution in [1.29, 1.82) is 0 Å². The molecule has 0 amide bonds. The second-order valence-electron chi connectivity index (χ2n) is 5.99. The first kappa shape index (κ1) is 14.0. The third-order valence-corrected chi connectivity index (χ3v) is 4.15. The fraction of sp³-hybridized carbons (Fsp3) is 0.688. The number of nitrogens with zero attached hydrogens (tertiary/aromatic N) is 2. The Hall–Kier alpha value is -0.970. The number of likely N-dealkylation sites (tertiary alicyclic amines) is 1. The Balaban J connectivity index is 1.50. The van der Waals surface area contributed by atoms with Gasteiger partial charge in [0.2, 0.25) is 0 Å². The summed E-state index contributed by atoms with van der Waals surface area (Å²) < 4.78 is 5.87. The molecule has 110 valence electrons. The minimum atomic E-state index is 0.464. The highest BCUT2D eigenvalue weighted by molar-refractivity contribution is 5.14. The van der Waals surface area contributed by atoms with Crippen LogP contribution in [0.3, 0.4) is 0 Å². The predicted molar refractivity (Wildman–Crippen MR) is 79.4 cm³/mol. The average Bonchev–Trinajstić information content (AvgIpc) is 2.80. The van der Waals surface area contributed by atoms with E-state index >= 15 is 0 Å². The lowest BCUT2D eigenvalue weighted by atomic mass is 10.2. The first-order valence-electron chi connectivity index (χ1n) is 7.86. The summed E-state index contributed by atoms with van der Waals surface area (Å²) in [6, 6.07) is 4.36. The zero-order valence-electron chi connectivity index (χ0n) is 12.3. The van der Waals surface area contributed by atoms with Crippen LogP contribution in [0.5, 0.6) is 0 Å². The first-order chi connectivity index (χ1) is 9.83. The summed E-state index contributed by atoms with van der Waals surface area (Å²) in [5.74, 6) is 0. The van der Waals surface area contributed by atoms with Crippen LogP contribution in [0.2, 0.25) is 0 Å². The fourth-order valence-electron chi connectivity index (χ4n) is 3.12. The monoisotopic (exact) mass is 275 g/mol. The quantitative estimate of drug-likeness (QED) is 0.805. The van der Waals surface area contributed by atoms with Gasteiger partial charge in [0, 0.05) is 32.4 Å². The van der Waals surface area contributed by atoms with Crippen molar-refractivity contribution in [3.05, 3.63) is 29.6 Å². The Bertz CT molecular complexity index is 408. The van der Waals surface area contributed by atoms with Crippen LogP contribution in [-0.4, -0.2) is 41.7 Å². The summed E-state index contributed by atoms with van der Waals surface area (Å²) in [4.78, 5) is 7.09. The molecule has 3 heterocycles. The number of ether oxygens (including phenoxy) is 1. The second kappa shape index (κ2) is 6.66. The fourth-order valence-corrected chi connectivity index (χ4v) is 3.12. The highest BCUT2D eigenvalue weighted by Gasteiger charge is 2.33. The first-order valence-corrected chi connectivity index (χ1v) is 7.86. The summed E-state index contributed by atoms with van der Waals surface area (Å²) in [5, 5.41) is 3.41. The molecule has 4 heteroatoms. The summed E-state index contributed by atoms with van der Waals surface area (Å²) in [6.45, 7) is 7.26. The van der Waals surface area contributed by atoms with Crippen LogP contribution in [0.1, 0.15) is 37.4 Å². The molecular weight excluding hydrogens is 250 g/mol. The number of pyridine rings is 1. The summed E-state index contributed by atoms with van der Waals surface area (Å²) >= 11 is 0. The minimum Gasteiger partial charge on any atom is -0.372 e. The van der Waals surface area contributed by atoms with Crippen molar-refractivity contribution in [1.82, 2.24) is 15.2 Å². The number of nitrogens with one attached hydrogen (secondary N) is 1. The molecule has 2 saturated heterocycles. The topological polar surface area (TPSA) is 37.4 Å². The summed E-state index contributed by atoms with van der Waals surface area (Å²) in [5.41, 5.74) is 2.44. The molecule has 1 N–H and O–H groups in total. The largest absolute Gasteiger partial charge is 0.372 e. The lowest BCUT2D eigenvalue weighted by Crippen LogP contribution is -2.42. The molecule has 20 heavy (non-hydrogen) atoms. The van der Waals surface area contributed by atoms with Gasteiger partial charge < -0.3 is 10.1 Å². The predicted octanol–water partition coefficient (Wildman–Crippen LogP) is 1.94. The van der Waals surface area contributed by atoms with E-state index in [9.17, 15) is 0 Å². The molecule has 2 atom stereocenters. The molecule has 4 nitrogen and oxygen atoms in total.